The Morgan fingerprint density at radius 1 is 1.50 bits per heavy atom. The van der Waals surface area contributed by atoms with Crippen LogP contribution < -0.4 is 16.0 Å². The third-order valence-corrected chi connectivity index (χ3v) is 2.67. The van der Waals surface area contributed by atoms with E-state index in [4.69, 9.17) is 10.6 Å². The molecule has 3 N–H and O–H groups in total. The van der Waals surface area contributed by atoms with E-state index in [-0.39, 0.29) is 6.04 Å². The van der Waals surface area contributed by atoms with Crippen molar-refractivity contribution in [1.82, 2.24) is 20.0 Å². The van der Waals surface area contributed by atoms with E-state index in [0.29, 0.717) is 5.75 Å². The molecule has 2 heterocycles. The quantitative estimate of drug-likeness (QED) is 0.594. The summed E-state index contributed by atoms with van der Waals surface area (Å²) in [6, 6.07) is 1.64. The minimum atomic E-state index is -0.221. The number of methoxy groups -OCH3 is 1. The highest BCUT2D eigenvalue weighted by molar-refractivity contribution is 7.03. The van der Waals surface area contributed by atoms with E-state index >= 15 is 0 Å². The van der Waals surface area contributed by atoms with Crippen LogP contribution in [-0.2, 0) is 0 Å². The summed E-state index contributed by atoms with van der Waals surface area (Å²) in [5.74, 6) is 6.19. The maximum atomic E-state index is 5.51. The fourth-order valence-electron chi connectivity index (χ4n) is 1.36. The summed E-state index contributed by atoms with van der Waals surface area (Å²) in [6.45, 7) is 0. The van der Waals surface area contributed by atoms with Crippen molar-refractivity contribution in [3.05, 3.63) is 35.1 Å². The molecule has 0 radical (unpaired) electrons. The van der Waals surface area contributed by atoms with E-state index < -0.39 is 0 Å². The Morgan fingerprint density at radius 2 is 2.38 bits per heavy atom. The molecule has 7 heteroatoms. The highest BCUT2D eigenvalue weighted by atomic mass is 32.1. The molecule has 0 aromatic carbocycles. The van der Waals surface area contributed by atoms with Crippen LogP contribution in [0.3, 0.4) is 0 Å². The average Bonchev–Trinajstić information content (AvgIpc) is 2.84. The summed E-state index contributed by atoms with van der Waals surface area (Å²) in [7, 11) is 1.59. The highest BCUT2D eigenvalue weighted by Gasteiger charge is 2.15. The summed E-state index contributed by atoms with van der Waals surface area (Å²) >= 11 is 1.28. The monoisotopic (exact) mass is 237 g/mol. The fourth-order valence-corrected chi connectivity index (χ4v) is 1.83. The molecule has 0 saturated heterocycles. The molecule has 0 aliphatic carbocycles. The lowest BCUT2D eigenvalue weighted by molar-refractivity contribution is 0.411. The van der Waals surface area contributed by atoms with E-state index in [1.165, 1.54) is 11.5 Å². The lowest BCUT2D eigenvalue weighted by atomic mass is 10.1. The molecule has 6 nitrogen and oxygen atoms in total. The number of hydrazine groups is 1. The van der Waals surface area contributed by atoms with Crippen LogP contribution in [0.1, 0.15) is 17.3 Å². The van der Waals surface area contributed by atoms with E-state index in [0.717, 1.165) is 11.3 Å². The van der Waals surface area contributed by atoms with E-state index in [1.807, 2.05) is 11.4 Å². The van der Waals surface area contributed by atoms with Crippen LogP contribution in [-0.4, -0.2) is 21.7 Å². The Kier molecular flexibility index (Phi) is 3.40. The van der Waals surface area contributed by atoms with Gasteiger partial charge >= 0.3 is 0 Å². The summed E-state index contributed by atoms with van der Waals surface area (Å²) < 4.78 is 8.91. The molecule has 2 aromatic heterocycles. The van der Waals surface area contributed by atoms with Crippen molar-refractivity contribution in [2.24, 2.45) is 5.84 Å². The number of rotatable bonds is 4. The number of hydrogen-bond donors (Lipinski definition) is 2. The molecule has 0 aliphatic rings. The van der Waals surface area contributed by atoms with Gasteiger partial charge in [-0.05, 0) is 23.2 Å². The highest BCUT2D eigenvalue weighted by Crippen LogP contribution is 2.22. The van der Waals surface area contributed by atoms with Crippen molar-refractivity contribution in [3.63, 3.8) is 0 Å². The summed E-state index contributed by atoms with van der Waals surface area (Å²) in [5, 5.41) is 5.81. The lowest BCUT2D eigenvalue weighted by Gasteiger charge is -2.13. The maximum Gasteiger partial charge on any atom is 0.137 e. The zero-order chi connectivity index (χ0) is 11.4. The van der Waals surface area contributed by atoms with Crippen LogP contribution in [0.5, 0.6) is 5.75 Å². The molecular formula is C9H11N5OS. The molecule has 0 amide bonds. The predicted octanol–water partition coefficient (Wildman–Crippen LogP) is 0.494. The molecule has 1 unspecified atom stereocenters. The van der Waals surface area contributed by atoms with Gasteiger partial charge in [0, 0.05) is 11.6 Å². The second-order valence-corrected chi connectivity index (χ2v) is 3.70. The van der Waals surface area contributed by atoms with Crippen LogP contribution in [0.25, 0.3) is 0 Å². The number of nitrogens with zero attached hydrogens (tertiary/aromatic N) is 3. The van der Waals surface area contributed by atoms with Crippen LogP contribution >= 0.6 is 11.5 Å². The van der Waals surface area contributed by atoms with Crippen molar-refractivity contribution >= 4 is 11.5 Å². The Labute approximate surface area is 96.6 Å². The van der Waals surface area contributed by atoms with Gasteiger partial charge in [-0.2, -0.15) is 0 Å². The third kappa shape index (κ3) is 2.16. The topological polar surface area (TPSA) is 86.0 Å². The SMILES string of the molecule is COc1cncc(C(NN)c2csnn2)c1. The van der Waals surface area contributed by atoms with Crippen LogP contribution in [0.15, 0.2) is 23.8 Å². The maximum absolute atomic E-state index is 5.51. The Morgan fingerprint density at radius 3 is 3.00 bits per heavy atom. The number of nitrogens with one attached hydrogen (secondary N) is 1. The van der Waals surface area contributed by atoms with Gasteiger partial charge in [-0.3, -0.25) is 10.8 Å². The molecule has 0 aliphatic heterocycles. The summed E-state index contributed by atoms with van der Waals surface area (Å²) in [6.07, 6.45) is 3.35. The fraction of sp³-hybridized carbons (Fsp3) is 0.222. The minimum Gasteiger partial charge on any atom is -0.495 e. The second kappa shape index (κ2) is 4.97. The molecule has 2 rings (SSSR count). The van der Waals surface area contributed by atoms with Gasteiger partial charge in [0.05, 0.1) is 25.0 Å². The molecule has 16 heavy (non-hydrogen) atoms. The van der Waals surface area contributed by atoms with E-state index in [9.17, 15) is 0 Å². The van der Waals surface area contributed by atoms with Crippen molar-refractivity contribution in [3.8, 4) is 5.75 Å². The predicted molar refractivity (Wildman–Crippen MR) is 59.9 cm³/mol. The Bertz CT molecular complexity index is 447. The molecule has 1 atom stereocenters. The van der Waals surface area contributed by atoms with Gasteiger partial charge in [0.1, 0.15) is 5.75 Å². The molecule has 0 saturated carbocycles. The molecule has 2 aromatic rings. The first-order valence-electron chi connectivity index (χ1n) is 4.57. The molecule has 0 spiro atoms. The first kappa shape index (κ1) is 10.9. The van der Waals surface area contributed by atoms with Crippen molar-refractivity contribution in [2.45, 2.75) is 6.04 Å². The van der Waals surface area contributed by atoms with Gasteiger partial charge in [0.2, 0.25) is 0 Å². The van der Waals surface area contributed by atoms with Gasteiger partial charge in [-0.25, -0.2) is 5.43 Å². The number of ether oxygens (including phenoxy) is 1. The zero-order valence-electron chi connectivity index (χ0n) is 8.62. The number of aromatic nitrogens is 3. The van der Waals surface area contributed by atoms with Crippen LogP contribution in [0, 0.1) is 0 Å². The number of hydrogen-bond acceptors (Lipinski definition) is 7. The lowest BCUT2D eigenvalue weighted by Crippen LogP contribution is -2.29. The number of nitrogens with two attached hydrogens (primary N) is 1. The average molecular weight is 237 g/mol. The van der Waals surface area contributed by atoms with E-state index in [2.05, 4.69) is 20.0 Å². The van der Waals surface area contributed by atoms with Gasteiger partial charge in [0.15, 0.2) is 0 Å². The van der Waals surface area contributed by atoms with Gasteiger partial charge in [0.25, 0.3) is 0 Å². The minimum absolute atomic E-state index is 0.221. The van der Waals surface area contributed by atoms with Gasteiger partial charge in [-0.1, -0.05) is 4.49 Å². The standard InChI is InChI=1S/C9H11N5OS/c1-15-7-2-6(3-11-4-7)9(12-10)8-5-16-14-13-8/h2-5,9,12H,10H2,1H3. The molecule has 0 fully saturated rings. The van der Waals surface area contributed by atoms with Crippen LogP contribution in [0.4, 0.5) is 0 Å². The summed E-state index contributed by atoms with van der Waals surface area (Å²) in [5.41, 5.74) is 4.33. The Hall–Kier alpha value is -1.57. The smallest absolute Gasteiger partial charge is 0.137 e. The van der Waals surface area contributed by atoms with Crippen molar-refractivity contribution < 1.29 is 4.74 Å². The molecule has 0 bridgehead atoms. The largest absolute Gasteiger partial charge is 0.495 e. The van der Waals surface area contributed by atoms with Crippen molar-refractivity contribution in [2.75, 3.05) is 7.11 Å². The first-order chi connectivity index (χ1) is 7.85. The molecular weight excluding hydrogens is 226 g/mol. The van der Waals surface area contributed by atoms with Gasteiger partial charge < -0.3 is 4.74 Å². The number of pyridine rings is 1. The normalized spacial score (nSPS) is 12.4. The van der Waals surface area contributed by atoms with E-state index in [1.54, 1.807) is 19.5 Å². The first-order valence-corrected chi connectivity index (χ1v) is 5.41. The van der Waals surface area contributed by atoms with Crippen molar-refractivity contribution in [1.29, 1.82) is 0 Å². The van der Waals surface area contributed by atoms with Gasteiger partial charge in [-0.15, -0.1) is 5.10 Å². The zero-order valence-corrected chi connectivity index (χ0v) is 9.44. The second-order valence-electron chi connectivity index (χ2n) is 3.09. The molecule has 84 valence electrons. The third-order valence-electron chi connectivity index (χ3n) is 2.14. The van der Waals surface area contributed by atoms with Crippen LogP contribution in [0.2, 0.25) is 0 Å². The summed E-state index contributed by atoms with van der Waals surface area (Å²) in [4.78, 5) is 4.07. The Balaban J connectivity index is 2.33.